The maximum atomic E-state index is 4.59. The van der Waals surface area contributed by atoms with E-state index in [-0.39, 0.29) is 0 Å². The van der Waals surface area contributed by atoms with E-state index in [4.69, 9.17) is 0 Å². The van der Waals surface area contributed by atoms with Crippen molar-refractivity contribution in [1.29, 1.82) is 0 Å². The van der Waals surface area contributed by atoms with Crippen LogP contribution in [-0.4, -0.2) is 35.1 Å². The number of nitrogens with one attached hydrogen (secondary N) is 1. The number of hydrogen-bond donors (Lipinski definition) is 1. The van der Waals surface area contributed by atoms with Gasteiger partial charge in [-0.25, -0.2) is 9.97 Å². The molecule has 4 nitrogen and oxygen atoms in total. The Hall–Kier alpha value is -1.46. The van der Waals surface area contributed by atoms with Gasteiger partial charge in [0, 0.05) is 36.9 Å². The minimum absolute atomic E-state index is 0.532. The van der Waals surface area contributed by atoms with E-state index in [2.05, 4.69) is 50.0 Å². The Balaban J connectivity index is 1.50. The molecule has 1 N–H and O–H groups in total. The van der Waals surface area contributed by atoms with Crippen LogP contribution in [0.4, 0.5) is 5.82 Å². The molecule has 23 heavy (non-hydrogen) atoms. The van der Waals surface area contributed by atoms with Crippen LogP contribution in [-0.2, 0) is 6.42 Å². The van der Waals surface area contributed by atoms with E-state index >= 15 is 0 Å². The Kier molecular flexibility index (Phi) is 5.28. The fourth-order valence-electron chi connectivity index (χ4n) is 3.36. The highest BCUT2D eigenvalue weighted by Crippen LogP contribution is 2.19. The lowest BCUT2D eigenvalue weighted by molar-refractivity contribution is 0.374. The molecule has 0 aromatic carbocycles. The van der Waals surface area contributed by atoms with Crippen LogP contribution in [0.25, 0.3) is 0 Å². The minimum Gasteiger partial charge on any atom is -0.356 e. The molecule has 5 heteroatoms. The van der Waals surface area contributed by atoms with Gasteiger partial charge in [0.25, 0.3) is 0 Å². The van der Waals surface area contributed by atoms with Gasteiger partial charge in [0.1, 0.15) is 11.6 Å². The van der Waals surface area contributed by atoms with Crippen molar-refractivity contribution in [1.82, 2.24) is 15.3 Å². The molecule has 1 aliphatic rings. The highest BCUT2D eigenvalue weighted by Gasteiger charge is 2.21. The first-order valence-electron chi connectivity index (χ1n) is 8.44. The largest absolute Gasteiger partial charge is 0.356 e. The molecule has 1 saturated heterocycles. The van der Waals surface area contributed by atoms with Crippen molar-refractivity contribution in [3.8, 4) is 0 Å². The number of nitrogens with zero attached hydrogens (tertiary/aromatic N) is 3. The monoisotopic (exact) mass is 330 g/mol. The van der Waals surface area contributed by atoms with Crippen LogP contribution in [0.3, 0.4) is 0 Å². The average molecular weight is 331 g/mol. The molecule has 0 spiro atoms. The normalized spacial score (nSPS) is 17.4. The average Bonchev–Trinajstić information content (AvgIpc) is 2.99. The summed E-state index contributed by atoms with van der Waals surface area (Å²) >= 11 is 1.78. The smallest absolute Gasteiger partial charge is 0.132 e. The number of piperidine rings is 1. The van der Waals surface area contributed by atoms with Crippen LogP contribution in [0.2, 0.25) is 0 Å². The number of hydrogen-bond acceptors (Lipinski definition) is 5. The van der Waals surface area contributed by atoms with Crippen LogP contribution in [0.15, 0.2) is 22.9 Å². The topological polar surface area (TPSA) is 41.0 Å². The maximum absolute atomic E-state index is 4.59. The lowest BCUT2D eigenvalue weighted by Gasteiger charge is -2.34. The Labute approximate surface area is 143 Å². The standard InChI is InChI=1S/C18H26N4S/c1-13(10-16-6-9-23-12-16)20-17-4-7-22(8-5-17)18-11-14(2)19-15(3)21-18/h6,9,11-13,17,20H,4-5,7-8,10H2,1-3H3/t13-/m0/s1. The number of aryl methyl sites for hydroxylation is 2. The molecule has 1 fully saturated rings. The summed E-state index contributed by atoms with van der Waals surface area (Å²) < 4.78 is 0. The molecule has 0 aliphatic carbocycles. The zero-order valence-electron chi connectivity index (χ0n) is 14.2. The van der Waals surface area contributed by atoms with Crippen molar-refractivity contribution in [3.05, 3.63) is 40.0 Å². The first-order chi connectivity index (χ1) is 11.1. The molecule has 124 valence electrons. The molecule has 2 aromatic heterocycles. The SMILES string of the molecule is Cc1cc(N2CCC(N[C@@H](C)Cc3ccsc3)CC2)nc(C)n1. The molecular formula is C18H26N4S. The minimum atomic E-state index is 0.532. The van der Waals surface area contributed by atoms with Crippen molar-refractivity contribution < 1.29 is 0 Å². The molecule has 1 atom stereocenters. The van der Waals surface area contributed by atoms with Crippen molar-refractivity contribution in [3.63, 3.8) is 0 Å². The van der Waals surface area contributed by atoms with Crippen molar-refractivity contribution in [2.24, 2.45) is 0 Å². The van der Waals surface area contributed by atoms with Crippen molar-refractivity contribution in [2.75, 3.05) is 18.0 Å². The van der Waals surface area contributed by atoms with Gasteiger partial charge in [-0.05, 0) is 62.4 Å². The van der Waals surface area contributed by atoms with Crippen LogP contribution in [0, 0.1) is 13.8 Å². The fraction of sp³-hybridized carbons (Fsp3) is 0.556. The van der Waals surface area contributed by atoms with Gasteiger partial charge >= 0.3 is 0 Å². The second kappa shape index (κ2) is 7.41. The zero-order chi connectivity index (χ0) is 16.2. The van der Waals surface area contributed by atoms with Gasteiger partial charge in [-0.3, -0.25) is 0 Å². The first kappa shape index (κ1) is 16.4. The predicted octanol–water partition coefficient (Wildman–Crippen LogP) is 3.34. The summed E-state index contributed by atoms with van der Waals surface area (Å²) in [6.45, 7) is 8.44. The molecule has 0 amide bonds. The van der Waals surface area contributed by atoms with Gasteiger partial charge in [-0.2, -0.15) is 11.3 Å². The molecule has 2 aromatic rings. The molecule has 3 rings (SSSR count). The first-order valence-corrected chi connectivity index (χ1v) is 9.39. The maximum Gasteiger partial charge on any atom is 0.132 e. The Morgan fingerprint density at radius 3 is 2.74 bits per heavy atom. The summed E-state index contributed by atoms with van der Waals surface area (Å²) in [6.07, 6.45) is 3.47. The molecule has 1 aliphatic heterocycles. The number of rotatable bonds is 5. The van der Waals surface area contributed by atoms with Gasteiger partial charge in [0.05, 0.1) is 0 Å². The van der Waals surface area contributed by atoms with Crippen LogP contribution in [0.5, 0.6) is 0 Å². The van der Waals surface area contributed by atoms with Crippen LogP contribution in [0.1, 0.15) is 36.8 Å². The van der Waals surface area contributed by atoms with Gasteiger partial charge in [0.15, 0.2) is 0 Å². The third-order valence-corrected chi connectivity index (χ3v) is 5.15. The summed E-state index contributed by atoms with van der Waals surface area (Å²) in [5.41, 5.74) is 2.50. The fourth-order valence-corrected chi connectivity index (χ4v) is 4.04. The summed E-state index contributed by atoms with van der Waals surface area (Å²) in [7, 11) is 0. The van der Waals surface area contributed by atoms with E-state index in [0.29, 0.717) is 12.1 Å². The van der Waals surface area contributed by atoms with Crippen LogP contribution < -0.4 is 10.2 Å². The second-order valence-electron chi connectivity index (χ2n) is 6.58. The molecular weight excluding hydrogens is 304 g/mol. The predicted molar refractivity (Wildman–Crippen MR) is 97.4 cm³/mol. The van der Waals surface area contributed by atoms with Gasteiger partial charge in [-0.1, -0.05) is 0 Å². The third-order valence-electron chi connectivity index (χ3n) is 4.41. The third kappa shape index (κ3) is 4.52. The molecule has 0 radical (unpaired) electrons. The van der Waals surface area contributed by atoms with Gasteiger partial charge in [-0.15, -0.1) is 0 Å². The highest BCUT2D eigenvalue weighted by molar-refractivity contribution is 7.07. The molecule has 0 bridgehead atoms. The molecule has 0 unspecified atom stereocenters. The summed E-state index contributed by atoms with van der Waals surface area (Å²) in [6, 6.07) is 5.47. The van der Waals surface area contributed by atoms with E-state index in [1.54, 1.807) is 11.3 Å². The Bertz CT molecular complexity index is 598. The zero-order valence-corrected chi connectivity index (χ0v) is 15.1. The molecule has 3 heterocycles. The summed E-state index contributed by atoms with van der Waals surface area (Å²) in [5, 5.41) is 8.21. The van der Waals surface area contributed by atoms with E-state index in [0.717, 1.165) is 36.8 Å². The quantitative estimate of drug-likeness (QED) is 0.913. The second-order valence-corrected chi connectivity index (χ2v) is 7.36. The number of anilines is 1. The van der Waals surface area contributed by atoms with Crippen molar-refractivity contribution in [2.45, 2.75) is 52.1 Å². The van der Waals surface area contributed by atoms with Crippen LogP contribution >= 0.6 is 11.3 Å². The van der Waals surface area contributed by atoms with E-state index in [1.807, 2.05) is 13.8 Å². The lowest BCUT2D eigenvalue weighted by atomic mass is 10.0. The lowest BCUT2D eigenvalue weighted by Crippen LogP contribution is -2.46. The van der Waals surface area contributed by atoms with Crippen molar-refractivity contribution >= 4 is 17.2 Å². The summed E-state index contributed by atoms with van der Waals surface area (Å²) in [5.74, 6) is 1.95. The highest BCUT2D eigenvalue weighted by atomic mass is 32.1. The Morgan fingerprint density at radius 1 is 1.30 bits per heavy atom. The van der Waals surface area contributed by atoms with Gasteiger partial charge in [0.2, 0.25) is 0 Å². The summed E-state index contributed by atoms with van der Waals surface area (Å²) in [4.78, 5) is 11.4. The number of thiophene rings is 1. The number of aromatic nitrogens is 2. The molecule has 0 saturated carbocycles. The Morgan fingerprint density at radius 2 is 2.09 bits per heavy atom. The van der Waals surface area contributed by atoms with E-state index in [9.17, 15) is 0 Å². The van der Waals surface area contributed by atoms with E-state index in [1.165, 1.54) is 18.4 Å². The van der Waals surface area contributed by atoms with E-state index < -0.39 is 0 Å². The van der Waals surface area contributed by atoms with Gasteiger partial charge < -0.3 is 10.2 Å².